The Balaban J connectivity index is 1.87. The van der Waals surface area contributed by atoms with Crippen LogP contribution in [0, 0.1) is 6.92 Å². The summed E-state index contributed by atoms with van der Waals surface area (Å²) in [7, 11) is 1.62. The highest BCUT2D eigenvalue weighted by Crippen LogP contribution is 2.17. The van der Waals surface area contributed by atoms with Gasteiger partial charge in [-0.15, -0.1) is 0 Å². The second-order valence-electron chi connectivity index (χ2n) is 4.88. The van der Waals surface area contributed by atoms with Crippen molar-refractivity contribution < 1.29 is 4.74 Å². The smallest absolute Gasteiger partial charge is 0.216 e. The highest BCUT2D eigenvalue weighted by Gasteiger charge is 2.08. The van der Waals surface area contributed by atoms with E-state index < -0.39 is 0 Å². The average molecular weight is 335 g/mol. The van der Waals surface area contributed by atoms with Crippen LogP contribution in [-0.2, 0) is 12.8 Å². The standard InChI is InChI=1S/C16H19BrN2O/c1-12-4-3-5-13(8-12)6-7-14(17)9-15-10-16(20-2)19-11-18-15/h3-5,8,10-11,14H,6-7,9H2,1-2H3. The van der Waals surface area contributed by atoms with Crippen molar-refractivity contribution in [2.45, 2.75) is 31.0 Å². The van der Waals surface area contributed by atoms with Gasteiger partial charge < -0.3 is 4.74 Å². The third-order valence-electron chi connectivity index (χ3n) is 3.17. The number of nitrogens with zero attached hydrogens (tertiary/aromatic N) is 2. The molecule has 1 atom stereocenters. The molecule has 0 saturated carbocycles. The van der Waals surface area contributed by atoms with E-state index in [9.17, 15) is 0 Å². The summed E-state index contributed by atoms with van der Waals surface area (Å²) in [5.74, 6) is 0.619. The number of aryl methyl sites for hydroxylation is 2. The van der Waals surface area contributed by atoms with Crippen LogP contribution in [0.2, 0.25) is 0 Å². The van der Waals surface area contributed by atoms with Crippen LogP contribution in [0.4, 0.5) is 0 Å². The highest BCUT2D eigenvalue weighted by atomic mass is 79.9. The summed E-state index contributed by atoms with van der Waals surface area (Å²) in [5.41, 5.74) is 3.70. The predicted octanol–water partition coefficient (Wildman–Crippen LogP) is 3.73. The Hall–Kier alpha value is -1.42. The topological polar surface area (TPSA) is 35.0 Å². The minimum absolute atomic E-state index is 0.405. The molecule has 106 valence electrons. The molecule has 1 unspecified atom stereocenters. The fourth-order valence-corrected chi connectivity index (χ4v) is 2.68. The first-order valence-electron chi connectivity index (χ1n) is 6.72. The van der Waals surface area contributed by atoms with Crippen LogP contribution in [0.15, 0.2) is 36.7 Å². The maximum Gasteiger partial charge on any atom is 0.216 e. The lowest BCUT2D eigenvalue weighted by atomic mass is 10.0. The van der Waals surface area contributed by atoms with Gasteiger partial charge in [0.2, 0.25) is 5.88 Å². The highest BCUT2D eigenvalue weighted by molar-refractivity contribution is 9.09. The zero-order valence-corrected chi connectivity index (χ0v) is 13.4. The summed E-state index contributed by atoms with van der Waals surface area (Å²) in [6.07, 6.45) is 4.58. The zero-order valence-electron chi connectivity index (χ0n) is 11.8. The number of aromatic nitrogens is 2. The van der Waals surface area contributed by atoms with Crippen molar-refractivity contribution in [1.82, 2.24) is 9.97 Å². The molecule has 0 N–H and O–H groups in total. The number of halogens is 1. The van der Waals surface area contributed by atoms with Crippen LogP contribution in [0.1, 0.15) is 23.2 Å². The lowest BCUT2D eigenvalue weighted by molar-refractivity contribution is 0.396. The number of alkyl halides is 1. The Labute approximate surface area is 128 Å². The summed E-state index contributed by atoms with van der Waals surface area (Å²) in [5, 5.41) is 0. The van der Waals surface area contributed by atoms with E-state index in [4.69, 9.17) is 4.74 Å². The molecule has 1 aromatic heterocycles. The van der Waals surface area contributed by atoms with Gasteiger partial charge >= 0.3 is 0 Å². The van der Waals surface area contributed by atoms with Gasteiger partial charge in [0.1, 0.15) is 6.33 Å². The van der Waals surface area contributed by atoms with Crippen LogP contribution in [0.5, 0.6) is 5.88 Å². The molecule has 2 rings (SSSR count). The Bertz CT molecular complexity index is 560. The van der Waals surface area contributed by atoms with E-state index in [1.807, 2.05) is 6.07 Å². The van der Waals surface area contributed by atoms with Gasteiger partial charge in [-0.2, -0.15) is 0 Å². The van der Waals surface area contributed by atoms with Gasteiger partial charge in [-0.05, 0) is 25.3 Å². The number of hydrogen-bond acceptors (Lipinski definition) is 3. The van der Waals surface area contributed by atoms with Crippen LogP contribution in [-0.4, -0.2) is 21.9 Å². The Morgan fingerprint density at radius 1 is 1.25 bits per heavy atom. The fourth-order valence-electron chi connectivity index (χ4n) is 2.12. The summed E-state index contributed by atoms with van der Waals surface area (Å²) >= 11 is 3.74. The van der Waals surface area contributed by atoms with E-state index in [-0.39, 0.29) is 0 Å². The van der Waals surface area contributed by atoms with Crippen LogP contribution < -0.4 is 4.74 Å². The van der Waals surface area contributed by atoms with E-state index >= 15 is 0 Å². The first-order chi connectivity index (χ1) is 9.67. The maximum absolute atomic E-state index is 5.11. The number of ether oxygens (including phenoxy) is 1. The average Bonchev–Trinajstić information content (AvgIpc) is 2.45. The second kappa shape index (κ2) is 7.39. The molecule has 0 aliphatic rings. The number of hydrogen-bond donors (Lipinski definition) is 0. The number of methoxy groups -OCH3 is 1. The van der Waals surface area contributed by atoms with Crippen molar-refractivity contribution in [1.29, 1.82) is 0 Å². The molecule has 20 heavy (non-hydrogen) atoms. The molecule has 0 bridgehead atoms. The molecule has 0 spiro atoms. The van der Waals surface area contributed by atoms with E-state index in [0.29, 0.717) is 10.7 Å². The monoisotopic (exact) mass is 334 g/mol. The minimum Gasteiger partial charge on any atom is -0.481 e. The lowest BCUT2D eigenvalue weighted by Crippen LogP contribution is -2.06. The molecule has 0 radical (unpaired) electrons. The summed E-state index contributed by atoms with van der Waals surface area (Å²) in [4.78, 5) is 8.70. The van der Waals surface area contributed by atoms with Crippen LogP contribution >= 0.6 is 15.9 Å². The summed E-state index contributed by atoms with van der Waals surface area (Å²) < 4.78 is 5.11. The molecule has 2 aromatic rings. The molecule has 4 heteroatoms. The molecule has 1 heterocycles. The maximum atomic E-state index is 5.11. The Kier molecular flexibility index (Phi) is 5.53. The zero-order chi connectivity index (χ0) is 14.4. The van der Waals surface area contributed by atoms with Crippen molar-refractivity contribution in [2.75, 3.05) is 7.11 Å². The van der Waals surface area contributed by atoms with Gasteiger partial charge in [-0.3, -0.25) is 0 Å². The van der Waals surface area contributed by atoms with Crippen molar-refractivity contribution in [3.63, 3.8) is 0 Å². The molecule has 0 aliphatic carbocycles. The molecule has 3 nitrogen and oxygen atoms in total. The number of rotatable bonds is 6. The van der Waals surface area contributed by atoms with E-state index in [1.165, 1.54) is 11.1 Å². The molecular weight excluding hydrogens is 316 g/mol. The van der Waals surface area contributed by atoms with Crippen molar-refractivity contribution in [3.8, 4) is 5.88 Å². The fraction of sp³-hybridized carbons (Fsp3) is 0.375. The van der Waals surface area contributed by atoms with Crippen LogP contribution in [0.3, 0.4) is 0 Å². The first-order valence-corrected chi connectivity index (χ1v) is 7.63. The summed E-state index contributed by atoms with van der Waals surface area (Å²) in [6, 6.07) is 10.6. The predicted molar refractivity (Wildman–Crippen MR) is 84.5 cm³/mol. The van der Waals surface area contributed by atoms with E-state index in [1.54, 1.807) is 13.4 Å². The molecule has 0 saturated heterocycles. The Morgan fingerprint density at radius 2 is 2.10 bits per heavy atom. The minimum atomic E-state index is 0.405. The van der Waals surface area contributed by atoms with Gasteiger partial charge in [0, 0.05) is 23.0 Å². The van der Waals surface area contributed by atoms with Gasteiger partial charge in [-0.1, -0.05) is 45.8 Å². The second-order valence-corrected chi connectivity index (χ2v) is 6.18. The van der Waals surface area contributed by atoms with Crippen LogP contribution in [0.25, 0.3) is 0 Å². The SMILES string of the molecule is COc1cc(CC(Br)CCc2cccc(C)c2)ncn1. The van der Waals surface area contributed by atoms with Crippen molar-refractivity contribution >= 4 is 15.9 Å². The molecule has 1 aromatic carbocycles. The molecule has 0 amide bonds. The first kappa shape index (κ1) is 15.0. The molecule has 0 fully saturated rings. The largest absolute Gasteiger partial charge is 0.481 e. The summed E-state index contributed by atoms with van der Waals surface area (Å²) in [6.45, 7) is 2.13. The third kappa shape index (κ3) is 4.60. The number of benzene rings is 1. The van der Waals surface area contributed by atoms with Gasteiger partial charge in [0.25, 0.3) is 0 Å². The van der Waals surface area contributed by atoms with Crippen molar-refractivity contribution in [2.24, 2.45) is 0 Å². The van der Waals surface area contributed by atoms with Crippen molar-refractivity contribution in [3.05, 3.63) is 53.5 Å². The van der Waals surface area contributed by atoms with Gasteiger partial charge in [0.15, 0.2) is 0 Å². The molecular formula is C16H19BrN2O. The molecule has 0 aliphatic heterocycles. The third-order valence-corrected chi connectivity index (χ3v) is 3.95. The van der Waals surface area contributed by atoms with Gasteiger partial charge in [0.05, 0.1) is 7.11 Å². The van der Waals surface area contributed by atoms with E-state index in [0.717, 1.165) is 25.0 Å². The van der Waals surface area contributed by atoms with E-state index in [2.05, 4.69) is 57.1 Å². The lowest BCUT2D eigenvalue weighted by Gasteiger charge is -2.10. The normalized spacial score (nSPS) is 12.2. The quantitative estimate of drug-likeness (QED) is 0.755. The Morgan fingerprint density at radius 3 is 2.85 bits per heavy atom. The van der Waals surface area contributed by atoms with Gasteiger partial charge in [-0.25, -0.2) is 9.97 Å².